The molecule has 1 aliphatic carbocycles. The van der Waals surface area contributed by atoms with Gasteiger partial charge in [0, 0.05) is 31.0 Å². The molecule has 1 aliphatic heterocycles. The second-order valence-electron chi connectivity index (χ2n) is 6.79. The quantitative estimate of drug-likeness (QED) is 0.908. The maximum atomic E-state index is 12.7. The molecule has 0 aromatic carbocycles. The first-order valence-electron chi connectivity index (χ1n) is 8.52. The van der Waals surface area contributed by atoms with Crippen LogP contribution in [0.2, 0.25) is 0 Å². The molecule has 7 heteroatoms. The van der Waals surface area contributed by atoms with Gasteiger partial charge in [-0.05, 0) is 45.1 Å². The molecule has 128 valence electrons. The largest absolute Gasteiger partial charge is 0.339 e. The maximum absolute atomic E-state index is 12.7. The first-order chi connectivity index (χ1) is 11.0. The van der Waals surface area contributed by atoms with Gasteiger partial charge in [0.1, 0.15) is 0 Å². The van der Waals surface area contributed by atoms with Crippen LogP contribution in [0.5, 0.6) is 0 Å². The van der Waals surface area contributed by atoms with Crippen molar-refractivity contribution in [1.82, 2.24) is 14.7 Å². The van der Waals surface area contributed by atoms with Gasteiger partial charge in [-0.15, -0.1) is 0 Å². The van der Waals surface area contributed by atoms with E-state index in [0.717, 1.165) is 49.9 Å². The monoisotopic (exact) mass is 338 g/mol. The highest BCUT2D eigenvalue weighted by molar-refractivity contribution is 7.90. The lowest BCUT2D eigenvalue weighted by molar-refractivity contribution is 0.503. The number of rotatable bonds is 4. The molecule has 1 saturated heterocycles. The number of nitrogens with one attached hydrogen (secondary N) is 1. The van der Waals surface area contributed by atoms with E-state index in [4.69, 9.17) is 0 Å². The molecule has 2 fully saturated rings. The number of aromatic nitrogens is 2. The Hall–Kier alpha value is -1.21. The van der Waals surface area contributed by atoms with Crippen molar-refractivity contribution >= 4 is 16.0 Å². The van der Waals surface area contributed by atoms with Gasteiger partial charge in [0.2, 0.25) is 16.0 Å². The van der Waals surface area contributed by atoms with Crippen molar-refractivity contribution < 1.29 is 8.42 Å². The third kappa shape index (κ3) is 3.83. The Morgan fingerprint density at radius 3 is 2.61 bits per heavy atom. The van der Waals surface area contributed by atoms with Gasteiger partial charge in [-0.2, -0.15) is 0 Å². The summed E-state index contributed by atoms with van der Waals surface area (Å²) in [6, 6.07) is 0.133. The predicted octanol–water partition coefficient (Wildman–Crippen LogP) is 1.92. The van der Waals surface area contributed by atoms with E-state index < -0.39 is 10.0 Å². The van der Waals surface area contributed by atoms with Crippen LogP contribution in [0.25, 0.3) is 0 Å². The van der Waals surface area contributed by atoms with Crippen molar-refractivity contribution in [2.75, 3.05) is 18.0 Å². The van der Waals surface area contributed by atoms with Crippen molar-refractivity contribution in [3.63, 3.8) is 0 Å². The molecule has 0 amide bonds. The van der Waals surface area contributed by atoms with Gasteiger partial charge in [0.15, 0.2) is 0 Å². The molecule has 1 atom stereocenters. The summed E-state index contributed by atoms with van der Waals surface area (Å²) in [7, 11) is -3.27. The molecule has 1 aromatic heterocycles. The predicted molar refractivity (Wildman–Crippen MR) is 91.1 cm³/mol. The van der Waals surface area contributed by atoms with Crippen molar-refractivity contribution in [3.05, 3.63) is 17.5 Å². The molecule has 2 heterocycles. The minimum atomic E-state index is -3.27. The van der Waals surface area contributed by atoms with E-state index in [1.54, 1.807) is 0 Å². The molecule has 1 aromatic rings. The summed E-state index contributed by atoms with van der Waals surface area (Å²) in [5.41, 5.74) is 2.00. The van der Waals surface area contributed by atoms with Crippen LogP contribution in [0, 0.1) is 13.8 Å². The van der Waals surface area contributed by atoms with Crippen molar-refractivity contribution in [2.24, 2.45) is 0 Å². The smallest absolute Gasteiger partial charge is 0.225 e. The molecule has 2 aliphatic rings. The molecule has 1 N–H and O–H groups in total. The molecular formula is C16H26N4O2S. The minimum absolute atomic E-state index is 0.133. The highest BCUT2D eigenvalue weighted by Crippen LogP contribution is 2.24. The zero-order chi connectivity index (χ0) is 16.4. The summed E-state index contributed by atoms with van der Waals surface area (Å²) < 4.78 is 28.2. The van der Waals surface area contributed by atoms with E-state index in [0.29, 0.717) is 18.9 Å². The summed E-state index contributed by atoms with van der Waals surface area (Å²) in [6.07, 6.45) is 7.56. The molecule has 0 radical (unpaired) electrons. The summed E-state index contributed by atoms with van der Waals surface area (Å²) in [6.45, 7) is 5.23. The Labute approximate surface area is 138 Å². The number of piperidine rings is 1. The molecule has 1 saturated carbocycles. The van der Waals surface area contributed by atoms with Gasteiger partial charge in [0.05, 0.1) is 5.25 Å². The summed E-state index contributed by atoms with van der Waals surface area (Å²) in [4.78, 5) is 10.9. The lowest BCUT2D eigenvalue weighted by Crippen LogP contribution is -2.48. The van der Waals surface area contributed by atoms with Gasteiger partial charge in [-0.3, -0.25) is 0 Å². The summed E-state index contributed by atoms with van der Waals surface area (Å²) in [5.74, 6) is 0.647. The van der Waals surface area contributed by atoms with E-state index in [1.807, 2.05) is 24.9 Å². The Balaban J connectivity index is 1.70. The number of aryl methyl sites for hydroxylation is 2. The third-order valence-electron chi connectivity index (χ3n) is 5.00. The lowest BCUT2D eigenvalue weighted by Gasteiger charge is -2.33. The summed E-state index contributed by atoms with van der Waals surface area (Å²) in [5, 5.41) is -0.373. The van der Waals surface area contributed by atoms with Crippen LogP contribution in [0.4, 0.5) is 5.95 Å². The van der Waals surface area contributed by atoms with Gasteiger partial charge in [-0.1, -0.05) is 12.8 Å². The van der Waals surface area contributed by atoms with Crippen LogP contribution in [0.15, 0.2) is 6.20 Å². The fraction of sp³-hybridized carbons (Fsp3) is 0.750. The molecule has 0 unspecified atom stereocenters. The fourth-order valence-electron chi connectivity index (χ4n) is 3.41. The Morgan fingerprint density at radius 1 is 1.17 bits per heavy atom. The van der Waals surface area contributed by atoms with Crippen molar-refractivity contribution in [2.45, 2.75) is 63.7 Å². The SMILES string of the molecule is Cc1cnc(N2CCC[C@@H](S(=O)(=O)NC3CCCC3)C2)nc1C. The van der Waals surface area contributed by atoms with Crippen LogP contribution in [-0.4, -0.2) is 42.8 Å². The topological polar surface area (TPSA) is 75.2 Å². The minimum Gasteiger partial charge on any atom is -0.339 e. The zero-order valence-corrected chi connectivity index (χ0v) is 14.8. The Kier molecular flexibility index (Phi) is 4.87. The number of hydrogen-bond donors (Lipinski definition) is 1. The van der Waals surface area contributed by atoms with Crippen molar-refractivity contribution in [3.8, 4) is 0 Å². The average molecular weight is 338 g/mol. The normalized spacial score (nSPS) is 23.4. The lowest BCUT2D eigenvalue weighted by atomic mass is 10.1. The van der Waals surface area contributed by atoms with E-state index in [9.17, 15) is 8.42 Å². The second-order valence-corrected chi connectivity index (χ2v) is 8.79. The first kappa shape index (κ1) is 16.6. The van der Waals surface area contributed by atoms with Gasteiger partial charge in [0.25, 0.3) is 0 Å². The van der Waals surface area contributed by atoms with E-state index >= 15 is 0 Å². The standard InChI is InChI=1S/C16H26N4O2S/c1-12-10-17-16(18-13(12)2)20-9-5-8-15(11-20)23(21,22)19-14-6-3-4-7-14/h10,14-15,19H,3-9,11H2,1-2H3/t15-/m1/s1. The van der Waals surface area contributed by atoms with Crippen LogP contribution in [0.3, 0.4) is 0 Å². The number of nitrogens with zero attached hydrogens (tertiary/aromatic N) is 3. The third-order valence-corrected chi connectivity index (χ3v) is 6.92. The number of sulfonamides is 1. The molecule has 23 heavy (non-hydrogen) atoms. The number of hydrogen-bond acceptors (Lipinski definition) is 5. The van der Waals surface area contributed by atoms with E-state index in [1.165, 1.54) is 0 Å². The van der Waals surface area contributed by atoms with Crippen LogP contribution >= 0.6 is 0 Å². The average Bonchev–Trinajstić information content (AvgIpc) is 3.02. The van der Waals surface area contributed by atoms with Crippen LogP contribution < -0.4 is 9.62 Å². The van der Waals surface area contributed by atoms with Gasteiger partial charge >= 0.3 is 0 Å². The number of anilines is 1. The second kappa shape index (κ2) is 6.73. The van der Waals surface area contributed by atoms with E-state index in [2.05, 4.69) is 14.7 Å². The molecule has 0 bridgehead atoms. The van der Waals surface area contributed by atoms with Crippen LogP contribution in [0.1, 0.15) is 49.8 Å². The maximum Gasteiger partial charge on any atom is 0.225 e. The van der Waals surface area contributed by atoms with Crippen LogP contribution in [-0.2, 0) is 10.0 Å². The zero-order valence-electron chi connectivity index (χ0n) is 14.0. The fourth-order valence-corrected chi connectivity index (χ4v) is 5.16. The van der Waals surface area contributed by atoms with Gasteiger partial charge in [-0.25, -0.2) is 23.1 Å². The highest BCUT2D eigenvalue weighted by atomic mass is 32.2. The Bertz CT molecular complexity index is 656. The summed E-state index contributed by atoms with van der Waals surface area (Å²) >= 11 is 0. The molecule has 6 nitrogen and oxygen atoms in total. The van der Waals surface area contributed by atoms with Crippen molar-refractivity contribution in [1.29, 1.82) is 0 Å². The van der Waals surface area contributed by atoms with Gasteiger partial charge < -0.3 is 4.90 Å². The molecular weight excluding hydrogens is 312 g/mol. The molecule has 3 rings (SSSR count). The first-order valence-corrected chi connectivity index (χ1v) is 10.1. The molecule has 0 spiro atoms. The Morgan fingerprint density at radius 2 is 1.91 bits per heavy atom. The highest BCUT2D eigenvalue weighted by Gasteiger charge is 2.33. The van der Waals surface area contributed by atoms with E-state index in [-0.39, 0.29) is 11.3 Å².